The van der Waals surface area contributed by atoms with E-state index in [1.807, 2.05) is 6.92 Å². The van der Waals surface area contributed by atoms with E-state index in [0.717, 1.165) is 31.4 Å². The molecule has 1 N–H and O–H groups in total. The van der Waals surface area contributed by atoms with Crippen LogP contribution in [0, 0.1) is 0 Å². The second kappa shape index (κ2) is 6.40. The predicted octanol–water partition coefficient (Wildman–Crippen LogP) is 2.82. The first kappa shape index (κ1) is 14.3. The molecular formula is C17H25NOS. The average molecular weight is 291 g/mol. The second-order valence-corrected chi connectivity index (χ2v) is 8.20. The van der Waals surface area contributed by atoms with Crippen LogP contribution in [0.25, 0.3) is 0 Å². The summed E-state index contributed by atoms with van der Waals surface area (Å²) >= 11 is 0. The van der Waals surface area contributed by atoms with Crippen molar-refractivity contribution in [1.82, 2.24) is 5.32 Å². The van der Waals surface area contributed by atoms with Gasteiger partial charge in [-0.1, -0.05) is 37.6 Å². The van der Waals surface area contributed by atoms with E-state index in [0.29, 0.717) is 17.3 Å². The largest absolute Gasteiger partial charge is 0.311 e. The summed E-state index contributed by atoms with van der Waals surface area (Å²) in [5.74, 6) is 0.812. The summed E-state index contributed by atoms with van der Waals surface area (Å²) in [6, 6.07) is 9.96. The zero-order valence-electron chi connectivity index (χ0n) is 12.3. The van der Waals surface area contributed by atoms with Crippen molar-refractivity contribution in [3.8, 4) is 0 Å². The van der Waals surface area contributed by atoms with E-state index in [-0.39, 0.29) is 0 Å². The molecule has 2 nitrogen and oxygen atoms in total. The minimum absolute atomic E-state index is 0.426. The molecule has 0 bridgehead atoms. The quantitative estimate of drug-likeness (QED) is 0.924. The normalized spacial score (nSPS) is 28.2. The van der Waals surface area contributed by atoms with E-state index in [1.165, 1.54) is 24.0 Å². The number of benzene rings is 1. The Kier molecular flexibility index (Phi) is 4.57. The molecule has 1 aromatic rings. The van der Waals surface area contributed by atoms with E-state index >= 15 is 0 Å². The van der Waals surface area contributed by atoms with Gasteiger partial charge >= 0.3 is 0 Å². The molecule has 1 saturated carbocycles. The molecule has 3 unspecified atom stereocenters. The lowest BCUT2D eigenvalue weighted by Gasteiger charge is -2.31. The van der Waals surface area contributed by atoms with Crippen LogP contribution in [0.4, 0.5) is 0 Å². The number of fused-ring (bicyclic) bond motifs is 1. The summed E-state index contributed by atoms with van der Waals surface area (Å²) in [6.45, 7) is 2.04. The summed E-state index contributed by atoms with van der Waals surface area (Å²) in [7, 11) is -0.617. The minimum Gasteiger partial charge on any atom is -0.311 e. The first-order chi connectivity index (χ1) is 9.76. The smallest absolute Gasteiger partial charge is 0.0362 e. The SMILES string of the molecule is CCS(=O)C1CCCC(NC2Cc3ccccc3C2)C1. The van der Waals surface area contributed by atoms with Crippen molar-refractivity contribution < 1.29 is 4.21 Å². The third-order valence-corrected chi connectivity index (χ3v) is 6.55. The summed E-state index contributed by atoms with van der Waals surface area (Å²) < 4.78 is 12.0. The lowest BCUT2D eigenvalue weighted by Crippen LogP contribution is -2.43. The highest BCUT2D eigenvalue weighted by atomic mass is 32.2. The minimum atomic E-state index is -0.617. The highest BCUT2D eigenvalue weighted by Gasteiger charge is 2.29. The lowest BCUT2D eigenvalue weighted by molar-refractivity contribution is 0.342. The van der Waals surface area contributed by atoms with Gasteiger partial charge in [0.15, 0.2) is 0 Å². The Balaban J connectivity index is 1.56. The number of nitrogens with one attached hydrogen (secondary N) is 1. The van der Waals surface area contributed by atoms with Gasteiger partial charge in [0.2, 0.25) is 0 Å². The first-order valence-corrected chi connectivity index (χ1v) is 9.34. The van der Waals surface area contributed by atoms with E-state index in [2.05, 4.69) is 29.6 Å². The van der Waals surface area contributed by atoms with Crippen LogP contribution in [0.3, 0.4) is 0 Å². The monoisotopic (exact) mass is 291 g/mol. The van der Waals surface area contributed by atoms with Crippen molar-refractivity contribution in [2.24, 2.45) is 0 Å². The van der Waals surface area contributed by atoms with Crippen molar-refractivity contribution in [1.29, 1.82) is 0 Å². The molecule has 0 amide bonds. The van der Waals surface area contributed by atoms with Gasteiger partial charge in [-0.15, -0.1) is 0 Å². The first-order valence-electron chi connectivity index (χ1n) is 7.96. The summed E-state index contributed by atoms with van der Waals surface area (Å²) in [4.78, 5) is 0. The van der Waals surface area contributed by atoms with E-state index < -0.39 is 10.8 Å². The van der Waals surface area contributed by atoms with E-state index in [1.54, 1.807) is 0 Å². The van der Waals surface area contributed by atoms with Gasteiger partial charge in [0.1, 0.15) is 0 Å². The van der Waals surface area contributed by atoms with Gasteiger partial charge in [0.25, 0.3) is 0 Å². The number of rotatable bonds is 4. The Morgan fingerprint density at radius 3 is 2.50 bits per heavy atom. The molecule has 0 aliphatic heterocycles. The maximum atomic E-state index is 12.0. The summed E-state index contributed by atoms with van der Waals surface area (Å²) in [6.07, 6.45) is 7.07. The van der Waals surface area contributed by atoms with Crippen LogP contribution in [0.2, 0.25) is 0 Å². The molecule has 0 spiro atoms. The highest BCUT2D eigenvalue weighted by Crippen LogP contribution is 2.26. The van der Waals surface area contributed by atoms with E-state index in [4.69, 9.17) is 0 Å². The average Bonchev–Trinajstić information content (AvgIpc) is 2.88. The van der Waals surface area contributed by atoms with Crippen LogP contribution in [-0.2, 0) is 23.6 Å². The van der Waals surface area contributed by atoms with Crippen LogP contribution >= 0.6 is 0 Å². The molecule has 110 valence electrons. The molecule has 1 aromatic carbocycles. The number of hydrogen-bond donors (Lipinski definition) is 1. The van der Waals surface area contributed by atoms with Crippen LogP contribution < -0.4 is 5.32 Å². The molecule has 3 rings (SSSR count). The molecular weight excluding hydrogens is 266 g/mol. The lowest BCUT2D eigenvalue weighted by atomic mass is 9.94. The van der Waals surface area contributed by atoms with Crippen molar-refractivity contribution in [3.63, 3.8) is 0 Å². The van der Waals surface area contributed by atoms with Gasteiger partial charge in [0, 0.05) is 33.9 Å². The maximum absolute atomic E-state index is 12.0. The third-order valence-electron chi connectivity index (χ3n) is 4.80. The molecule has 3 atom stereocenters. The predicted molar refractivity (Wildman–Crippen MR) is 85.5 cm³/mol. The molecule has 3 heteroatoms. The fourth-order valence-electron chi connectivity index (χ4n) is 3.78. The molecule has 1 fully saturated rings. The van der Waals surface area contributed by atoms with Crippen molar-refractivity contribution in [3.05, 3.63) is 35.4 Å². The third kappa shape index (κ3) is 3.15. The van der Waals surface area contributed by atoms with Gasteiger partial charge in [-0.2, -0.15) is 0 Å². The zero-order chi connectivity index (χ0) is 13.9. The summed E-state index contributed by atoms with van der Waals surface area (Å²) in [5.41, 5.74) is 3.02. The van der Waals surface area contributed by atoms with Gasteiger partial charge in [-0.05, 0) is 43.2 Å². The standard InChI is InChI=1S/C17H25NOS/c1-2-20(19)17-9-5-8-15(12-17)18-16-10-13-6-3-4-7-14(13)11-16/h3-4,6-7,15-18H,2,5,8-12H2,1H3. The van der Waals surface area contributed by atoms with Crippen molar-refractivity contribution in [2.75, 3.05) is 5.75 Å². The number of hydrogen-bond acceptors (Lipinski definition) is 2. The molecule has 0 radical (unpaired) electrons. The fourth-order valence-corrected chi connectivity index (χ4v) is 5.13. The fraction of sp³-hybridized carbons (Fsp3) is 0.647. The molecule has 20 heavy (non-hydrogen) atoms. The topological polar surface area (TPSA) is 29.1 Å². The van der Waals surface area contributed by atoms with Crippen LogP contribution in [-0.4, -0.2) is 27.3 Å². The Labute approximate surface area is 124 Å². The Bertz CT molecular complexity index is 463. The Hall–Kier alpha value is -0.670. The zero-order valence-corrected chi connectivity index (χ0v) is 13.1. The Morgan fingerprint density at radius 2 is 1.85 bits per heavy atom. The maximum Gasteiger partial charge on any atom is 0.0362 e. The Morgan fingerprint density at radius 1 is 1.15 bits per heavy atom. The van der Waals surface area contributed by atoms with Gasteiger partial charge in [-0.3, -0.25) is 4.21 Å². The highest BCUT2D eigenvalue weighted by molar-refractivity contribution is 7.85. The van der Waals surface area contributed by atoms with E-state index in [9.17, 15) is 4.21 Å². The van der Waals surface area contributed by atoms with Crippen LogP contribution in [0.5, 0.6) is 0 Å². The van der Waals surface area contributed by atoms with Crippen LogP contribution in [0.1, 0.15) is 43.7 Å². The van der Waals surface area contributed by atoms with Gasteiger partial charge < -0.3 is 5.32 Å². The van der Waals surface area contributed by atoms with Crippen LogP contribution in [0.15, 0.2) is 24.3 Å². The molecule has 0 saturated heterocycles. The van der Waals surface area contributed by atoms with Gasteiger partial charge in [-0.25, -0.2) is 0 Å². The molecule has 2 aliphatic rings. The summed E-state index contributed by atoms with van der Waals surface area (Å²) in [5, 5.41) is 4.27. The second-order valence-electron chi connectivity index (χ2n) is 6.20. The van der Waals surface area contributed by atoms with Gasteiger partial charge in [0.05, 0.1) is 0 Å². The van der Waals surface area contributed by atoms with Crippen molar-refractivity contribution >= 4 is 10.8 Å². The molecule has 0 heterocycles. The molecule has 2 aliphatic carbocycles. The van der Waals surface area contributed by atoms with Crippen molar-refractivity contribution in [2.45, 2.75) is 62.8 Å². The molecule has 0 aromatic heterocycles.